The van der Waals surface area contributed by atoms with E-state index in [1.165, 1.54) is 38.8 Å². The van der Waals surface area contributed by atoms with E-state index in [9.17, 15) is 0 Å². The number of likely N-dealkylation sites (tertiary alicyclic amines) is 1. The molecule has 1 rings (SSSR count). The van der Waals surface area contributed by atoms with Gasteiger partial charge in [-0.05, 0) is 38.8 Å². The van der Waals surface area contributed by atoms with Crippen LogP contribution in [0.3, 0.4) is 0 Å². The van der Waals surface area contributed by atoms with Crippen LogP contribution in [0.25, 0.3) is 0 Å². The summed E-state index contributed by atoms with van der Waals surface area (Å²) in [4.78, 5) is 2.50. The normalized spacial score (nSPS) is 23.5. The smallest absolute Gasteiger partial charge is 0.00698 e. The summed E-state index contributed by atoms with van der Waals surface area (Å²) in [7, 11) is 0. The summed E-state index contributed by atoms with van der Waals surface area (Å²) in [5, 5.41) is 0. The summed E-state index contributed by atoms with van der Waals surface area (Å²) in [5.74, 6) is 0.978. The highest BCUT2D eigenvalue weighted by Crippen LogP contribution is 2.09. The molecule has 12 heavy (non-hydrogen) atoms. The SMILES string of the molecule is NC1CCCN(CCS)CCC1. The van der Waals surface area contributed by atoms with Gasteiger partial charge in [-0.2, -0.15) is 12.6 Å². The van der Waals surface area contributed by atoms with Crippen molar-refractivity contribution in [3.63, 3.8) is 0 Å². The summed E-state index contributed by atoms with van der Waals surface area (Å²) in [6.45, 7) is 3.57. The van der Waals surface area contributed by atoms with Crippen molar-refractivity contribution in [3.8, 4) is 0 Å². The zero-order valence-corrected chi connectivity index (χ0v) is 8.60. The van der Waals surface area contributed by atoms with E-state index >= 15 is 0 Å². The number of nitrogens with two attached hydrogens (primary N) is 1. The maximum atomic E-state index is 5.89. The molecule has 2 N–H and O–H groups in total. The Kier molecular flexibility index (Phi) is 5.04. The third-order valence-electron chi connectivity index (χ3n) is 2.51. The number of hydrogen-bond acceptors (Lipinski definition) is 3. The first-order chi connectivity index (χ1) is 5.83. The zero-order chi connectivity index (χ0) is 8.81. The third kappa shape index (κ3) is 3.78. The quantitative estimate of drug-likeness (QED) is 0.636. The molecule has 0 saturated carbocycles. The lowest BCUT2D eigenvalue weighted by atomic mass is 10.0. The highest BCUT2D eigenvalue weighted by atomic mass is 32.1. The number of hydrogen-bond donors (Lipinski definition) is 2. The van der Waals surface area contributed by atoms with Crippen LogP contribution >= 0.6 is 12.6 Å². The fraction of sp³-hybridized carbons (Fsp3) is 1.00. The van der Waals surface area contributed by atoms with E-state index in [4.69, 9.17) is 5.73 Å². The monoisotopic (exact) mass is 188 g/mol. The van der Waals surface area contributed by atoms with Crippen LogP contribution in [0.4, 0.5) is 0 Å². The zero-order valence-electron chi connectivity index (χ0n) is 7.71. The summed E-state index contributed by atoms with van der Waals surface area (Å²) in [5.41, 5.74) is 5.89. The molecule has 0 aromatic carbocycles. The molecule has 72 valence electrons. The Morgan fingerprint density at radius 1 is 1.25 bits per heavy atom. The second kappa shape index (κ2) is 5.84. The fourth-order valence-corrected chi connectivity index (χ4v) is 2.06. The molecule has 2 nitrogen and oxygen atoms in total. The molecule has 0 amide bonds. The van der Waals surface area contributed by atoms with Crippen LogP contribution in [0.1, 0.15) is 25.7 Å². The van der Waals surface area contributed by atoms with Crippen LogP contribution in [-0.4, -0.2) is 36.3 Å². The number of rotatable bonds is 2. The van der Waals surface area contributed by atoms with Crippen molar-refractivity contribution in [3.05, 3.63) is 0 Å². The Morgan fingerprint density at radius 3 is 2.33 bits per heavy atom. The van der Waals surface area contributed by atoms with Gasteiger partial charge in [0.2, 0.25) is 0 Å². The summed E-state index contributed by atoms with van der Waals surface area (Å²) in [6, 6.07) is 0.461. The Hall–Kier alpha value is 0.270. The summed E-state index contributed by atoms with van der Waals surface area (Å²) in [6.07, 6.45) is 4.91. The van der Waals surface area contributed by atoms with Crippen LogP contribution in [-0.2, 0) is 0 Å². The van der Waals surface area contributed by atoms with Crippen molar-refractivity contribution in [1.82, 2.24) is 4.90 Å². The van der Waals surface area contributed by atoms with Gasteiger partial charge in [0.1, 0.15) is 0 Å². The van der Waals surface area contributed by atoms with Gasteiger partial charge in [-0.25, -0.2) is 0 Å². The minimum Gasteiger partial charge on any atom is -0.328 e. The summed E-state index contributed by atoms with van der Waals surface area (Å²) < 4.78 is 0. The van der Waals surface area contributed by atoms with Crippen molar-refractivity contribution >= 4 is 12.6 Å². The molecule has 0 aromatic heterocycles. The molecule has 1 saturated heterocycles. The molecule has 1 fully saturated rings. The largest absolute Gasteiger partial charge is 0.328 e. The van der Waals surface area contributed by atoms with Crippen molar-refractivity contribution in [2.75, 3.05) is 25.4 Å². The van der Waals surface area contributed by atoms with Gasteiger partial charge in [-0.1, -0.05) is 0 Å². The Labute approximate surface area is 80.9 Å². The van der Waals surface area contributed by atoms with Gasteiger partial charge in [0.05, 0.1) is 0 Å². The van der Waals surface area contributed by atoms with Crippen LogP contribution in [0.15, 0.2) is 0 Å². The predicted octanol–water partition coefficient (Wildman–Crippen LogP) is 1.12. The van der Waals surface area contributed by atoms with E-state index < -0.39 is 0 Å². The molecule has 1 aliphatic rings. The number of thiol groups is 1. The van der Waals surface area contributed by atoms with Crippen LogP contribution in [0, 0.1) is 0 Å². The van der Waals surface area contributed by atoms with Crippen molar-refractivity contribution in [1.29, 1.82) is 0 Å². The Balaban J connectivity index is 2.20. The molecule has 0 aliphatic carbocycles. The highest BCUT2D eigenvalue weighted by molar-refractivity contribution is 7.80. The van der Waals surface area contributed by atoms with E-state index in [0.29, 0.717) is 6.04 Å². The average Bonchev–Trinajstić information content (AvgIpc) is 2.00. The first-order valence-electron chi connectivity index (χ1n) is 4.91. The third-order valence-corrected chi connectivity index (χ3v) is 2.71. The molecule has 0 unspecified atom stereocenters. The van der Waals surface area contributed by atoms with Gasteiger partial charge in [0.15, 0.2) is 0 Å². The standard InChI is InChI=1S/C9H20N2S/c10-9-3-1-5-11(7-8-12)6-2-4-9/h9,12H,1-8,10H2. The maximum absolute atomic E-state index is 5.89. The van der Waals surface area contributed by atoms with E-state index in [-0.39, 0.29) is 0 Å². The van der Waals surface area contributed by atoms with Crippen molar-refractivity contribution in [2.45, 2.75) is 31.7 Å². The Morgan fingerprint density at radius 2 is 1.83 bits per heavy atom. The van der Waals surface area contributed by atoms with Gasteiger partial charge >= 0.3 is 0 Å². The van der Waals surface area contributed by atoms with E-state index in [1.54, 1.807) is 0 Å². The topological polar surface area (TPSA) is 29.3 Å². The van der Waals surface area contributed by atoms with Gasteiger partial charge in [0, 0.05) is 18.3 Å². The van der Waals surface area contributed by atoms with E-state index in [1.807, 2.05) is 0 Å². The van der Waals surface area contributed by atoms with Gasteiger partial charge < -0.3 is 10.6 Å². The minimum atomic E-state index is 0.461. The molecule has 0 bridgehead atoms. The van der Waals surface area contributed by atoms with Gasteiger partial charge in [-0.3, -0.25) is 0 Å². The lowest BCUT2D eigenvalue weighted by Gasteiger charge is -2.25. The molecule has 3 heteroatoms. The lowest BCUT2D eigenvalue weighted by Crippen LogP contribution is -2.33. The van der Waals surface area contributed by atoms with Crippen LogP contribution < -0.4 is 5.73 Å². The molecule has 0 radical (unpaired) electrons. The van der Waals surface area contributed by atoms with E-state index in [2.05, 4.69) is 17.5 Å². The predicted molar refractivity (Wildman–Crippen MR) is 56.7 cm³/mol. The van der Waals surface area contributed by atoms with Crippen molar-refractivity contribution < 1.29 is 0 Å². The van der Waals surface area contributed by atoms with E-state index in [0.717, 1.165) is 12.3 Å². The molecule has 0 atom stereocenters. The summed E-state index contributed by atoms with van der Waals surface area (Å²) >= 11 is 4.24. The van der Waals surface area contributed by atoms with Gasteiger partial charge in [-0.15, -0.1) is 0 Å². The first-order valence-corrected chi connectivity index (χ1v) is 5.55. The number of nitrogens with zero attached hydrogens (tertiary/aromatic N) is 1. The molecule has 1 aliphatic heterocycles. The molecule has 0 spiro atoms. The van der Waals surface area contributed by atoms with Crippen molar-refractivity contribution in [2.24, 2.45) is 5.73 Å². The Bertz CT molecular complexity index is 109. The van der Waals surface area contributed by atoms with Crippen LogP contribution in [0.5, 0.6) is 0 Å². The molecule has 1 heterocycles. The first kappa shape index (κ1) is 10.4. The molecular formula is C9H20N2S. The van der Waals surface area contributed by atoms with Gasteiger partial charge in [0.25, 0.3) is 0 Å². The second-order valence-corrected chi connectivity index (χ2v) is 4.06. The second-order valence-electron chi connectivity index (χ2n) is 3.61. The maximum Gasteiger partial charge on any atom is 0.00698 e. The highest BCUT2D eigenvalue weighted by Gasteiger charge is 2.10. The molecular weight excluding hydrogens is 168 g/mol. The molecule has 0 aromatic rings. The average molecular weight is 188 g/mol. The van der Waals surface area contributed by atoms with Crippen LogP contribution in [0.2, 0.25) is 0 Å². The minimum absolute atomic E-state index is 0.461. The lowest BCUT2D eigenvalue weighted by molar-refractivity contribution is 0.253. The fourth-order valence-electron chi connectivity index (χ4n) is 1.78.